The van der Waals surface area contributed by atoms with Crippen molar-refractivity contribution in [2.45, 2.75) is 108 Å². The number of carbonyl (C=O) groups is 8. The van der Waals surface area contributed by atoms with Crippen molar-refractivity contribution in [3.63, 3.8) is 0 Å². The molecule has 2 unspecified atom stereocenters. The quantitative estimate of drug-likeness (QED) is 0.0645. The lowest BCUT2D eigenvalue weighted by Crippen LogP contribution is -2.40. The fourth-order valence-electron chi connectivity index (χ4n) is 6.41. The Morgan fingerprint density at radius 1 is 0.500 bits per heavy atom. The van der Waals surface area contributed by atoms with Gasteiger partial charge in [0, 0.05) is 26.7 Å². The van der Waals surface area contributed by atoms with Crippen LogP contribution in [0.4, 0.5) is 0 Å². The van der Waals surface area contributed by atoms with E-state index >= 15 is 0 Å². The molecule has 0 heterocycles. The second-order valence-electron chi connectivity index (χ2n) is 16.0. The molecular weight excluding hydrogens is 737 g/mol. The van der Waals surface area contributed by atoms with Crippen LogP contribution in [0.2, 0.25) is 0 Å². The molecule has 10 nitrogen and oxygen atoms in total. The van der Waals surface area contributed by atoms with Gasteiger partial charge in [0.25, 0.3) is 0 Å². The van der Waals surface area contributed by atoms with E-state index in [4.69, 9.17) is 9.47 Å². The third kappa shape index (κ3) is 13.9. The Bertz CT molecular complexity index is 1940. The Kier molecular flexibility index (Phi) is 17.5. The van der Waals surface area contributed by atoms with Crippen molar-refractivity contribution in [3.8, 4) is 0 Å². The van der Waals surface area contributed by atoms with E-state index in [0.29, 0.717) is 11.1 Å². The molecule has 0 radical (unpaired) electrons. The van der Waals surface area contributed by atoms with Crippen LogP contribution in [0.1, 0.15) is 95.9 Å². The minimum atomic E-state index is -1.31. The van der Waals surface area contributed by atoms with E-state index in [2.05, 4.69) is 0 Å². The van der Waals surface area contributed by atoms with Gasteiger partial charge >= 0.3 is 23.5 Å². The molecule has 0 aromatic heterocycles. The van der Waals surface area contributed by atoms with Crippen molar-refractivity contribution in [1.82, 2.24) is 0 Å². The number of Topliss-reactive ketones (excluding diaryl/α,β-unsaturated/α-hetero) is 6. The number of carbonyl (C=O) groups excluding carboxylic acids is 8. The summed E-state index contributed by atoms with van der Waals surface area (Å²) >= 11 is 0. The van der Waals surface area contributed by atoms with Gasteiger partial charge in [0.1, 0.15) is 0 Å². The Morgan fingerprint density at radius 3 is 1.10 bits per heavy atom. The molecule has 0 aromatic carbocycles. The summed E-state index contributed by atoms with van der Waals surface area (Å²) in [6.07, 6.45) is 25.3. The van der Waals surface area contributed by atoms with Crippen molar-refractivity contribution >= 4 is 46.6 Å². The van der Waals surface area contributed by atoms with Gasteiger partial charge in [-0.05, 0) is 74.7 Å². The van der Waals surface area contributed by atoms with Gasteiger partial charge in [-0.2, -0.15) is 0 Å². The Hall–Kier alpha value is -5.90. The minimum Gasteiger partial charge on any atom is -0.448 e. The zero-order chi connectivity index (χ0) is 44.1. The summed E-state index contributed by atoms with van der Waals surface area (Å²) in [5.41, 5.74) is 5.41. The molecule has 2 aliphatic carbocycles. The zero-order valence-electron chi connectivity index (χ0n) is 35.7. The van der Waals surface area contributed by atoms with E-state index in [0.717, 1.165) is 47.3 Å². The predicted octanol–water partition coefficient (Wildman–Crippen LogP) is 8.32. The van der Waals surface area contributed by atoms with Crippen molar-refractivity contribution in [1.29, 1.82) is 0 Å². The second kappa shape index (κ2) is 21.0. The highest BCUT2D eigenvalue weighted by Crippen LogP contribution is 2.42. The van der Waals surface area contributed by atoms with E-state index in [9.17, 15) is 38.4 Å². The van der Waals surface area contributed by atoms with Crippen LogP contribution >= 0.6 is 0 Å². The third-order valence-corrected chi connectivity index (χ3v) is 9.78. The summed E-state index contributed by atoms with van der Waals surface area (Å²) in [6, 6.07) is 0. The average molecular weight is 793 g/mol. The van der Waals surface area contributed by atoms with Gasteiger partial charge in [0.15, 0.2) is 23.8 Å². The molecule has 0 bridgehead atoms. The lowest BCUT2D eigenvalue weighted by molar-refractivity contribution is -0.163. The van der Waals surface area contributed by atoms with E-state index < -0.39 is 58.1 Å². The number of hydrogen-bond acceptors (Lipinski definition) is 10. The van der Waals surface area contributed by atoms with E-state index in [1.807, 2.05) is 140 Å². The molecule has 0 saturated heterocycles. The van der Waals surface area contributed by atoms with Crippen molar-refractivity contribution in [3.05, 3.63) is 130 Å². The monoisotopic (exact) mass is 792 g/mol. The van der Waals surface area contributed by atoms with Crippen LogP contribution in [0.3, 0.4) is 0 Å². The summed E-state index contributed by atoms with van der Waals surface area (Å²) in [6.45, 7) is 20.9. The first-order valence-corrected chi connectivity index (χ1v) is 19.0. The first kappa shape index (κ1) is 48.2. The van der Waals surface area contributed by atoms with Crippen LogP contribution in [0.5, 0.6) is 0 Å². The maximum atomic E-state index is 13.0. The molecule has 0 amide bonds. The molecule has 10 heteroatoms. The third-order valence-electron chi connectivity index (χ3n) is 9.78. The number of ether oxygens (including phenoxy) is 2. The van der Waals surface area contributed by atoms with Gasteiger partial charge < -0.3 is 9.47 Å². The number of esters is 2. The number of rotatable bonds is 16. The maximum absolute atomic E-state index is 13.0. The Labute approximate surface area is 342 Å². The first-order chi connectivity index (χ1) is 26.9. The van der Waals surface area contributed by atoms with Gasteiger partial charge in [0.2, 0.25) is 11.6 Å². The molecule has 0 fully saturated rings. The molecule has 2 aliphatic rings. The summed E-state index contributed by atoms with van der Waals surface area (Å²) in [5, 5.41) is 0. The van der Waals surface area contributed by atoms with Crippen LogP contribution in [-0.4, -0.2) is 58.8 Å². The molecule has 0 spiro atoms. The normalized spacial score (nSPS) is 21.0. The lowest BCUT2D eigenvalue weighted by Gasteiger charge is -2.36. The number of allylic oxidation sites excluding steroid dienone is 20. The number of ketones is 6. The standard InChI is InChI=1S/C48H56O10/c1-29(19-15-21-31(3)23-25-37-33(5)41(51)39(27-47(37,9)10)57-45(55)43(53)35(7)49)17-13-14-18-30(2)20-16-22-32(4)24-26-38-34(6)42(52)40(28-48(38,11)12)58-46(56)44(54)36(8)50/h13-26,39-40H,27-28H2,1-12H3/b14-13+,19-15+,20-16+,25-23+,26-24+,29-17+,30-18+,31-21+,32-22+. The minimum absolute atomic E-state index is 0.186. The lowest BCUT2D eigenvalue weighted by atomic mass is 9.71. The summed E-state index contributed by atoms with van der Waals surface area (Å²) < 4.78 is 10.2. The van der Waals surface area contributed by atoms with E-state index in [1.54, 1.807) is 13.8 Å². The van der Waals surface area contributed by atoms with Gasteiger partial charge in [0.05, 0.1) is 0 Å². The Morgan fingerprint density at radius 2 is 0.793 bits per heavy atom. The average Bonchev–Trinajstić information content (AvgIpc) is 3.13. The van der Waals surface area contributed by atoms with E-state index in [-0.39, 0.29) is 24.4 Å². The van der Waals surface area contributed by atoms with Crippen LogP contribution in [0, 0.1) is 10.8 Å². The van der Waals surface area contributed by atoms with Crippen LogP contribution in [-0.2, 0) is 47.8 Å². The van der Waals surface area contributed by atoms with Crippen molar-refractivity contribution in [2.24, 2.45) is 10.8 Å². The molecule has 2 atom stereocenters. The number of hydrogen-bond donors (Lipinski definition) is 0. The van der Waals surface area contributed by atoms with Gasteiger partial charge in [-0.25, -0.2) is 9.59 Å². The fourth-order valence-corrected chi connectivity index (χ4v) is 6.41. The molecule has 308 valence electrons. The highest BCUT2D eigenvalue weighted by atomic mass is 16.6. The topological polar surface area (TPSA) is 155 Å². The van der Waals surface area contributed by atoms with Gasteiger partial charge in [-0.15, -0.1) is 0 Å². The zero-order valence-corrected chi connectivity index (χ0v) is 35.7. The fraction of sp³-hybridized carbons (Fsp3) is 0.375. The van der Waals surface area contributed by atoms with Gasteiger partial charge in [-0.1, -0.05) is 135 Å². The maximum Gasteiger partial charge on any atom is 0.383 e. The molecule has 0 N–H and O–H groups in total. The first-order valence-electron chi connectivity index (χ1n) is 19.0. The molecule has 0 aromatic rings. The summed E-state index contributed by atoms with van der Waals surface area (Å²) in [7, 11) is 0. The Balaban J connectivity index is 2.01. The largest absolute Gasteiger partial charge is 0.448 e. The second-order valence-corrected chi connectivity index (χ2v) is 16.0. The van der Waals surface area contributed by atoms with E-state index in [1.165, 1.54) is 0 Å². The highest BCUT2D eigenvalue weighted by molar-refractivity contribution is 6.62. The molecule has 0 aliphatic heterocycles. The van der Waals surface area contributed by atoms with Crippen LogP contribution < -0.4 is 0 Å². The predicted molar refractivity (Wildman–Crippen MR) is 224 cm³/mol. The van der Waals surface area contributed by atoms with Crippen molar-refractivity contribution in [2.75, 3.05) is 0 Å². The summed E-state index contributed by atoms with van der Waals surface area (Å²) in [4.78, 5) is 95.8. The summed E-state index contributed by atoms with van der Waals surface area (Å²) in [5.74, 6) is -7.82. The smallest absolute Gasteiger partial charge is 0.383 e. The molecule has 2 rings (SSSR count). The molecule has 0 saturated carbocycles. The van der Waals surface area contributed by atoms with Gasteiger partial charge in [-0.3, -0.25) is 28.8 Å². The molecular formula is C48H56O10. The van der Waals surface area contributed by atoms with Crippen LogP contribution in [0.25, 0.3) is 0 Å². The van der Waals surface area contributed by atoms with Crippen molar-refractivity contribution < 1.29 is 47.8 Å². The SMILES string of the molecule is CC(=O)C(=O)C(=O)OC1CC(C)(C)C(/C=C/C(C)=C/C=C/C(C)=C/C=C/C=C(C)/C=C/C=C(C)/C=C/C2=C(C)C(=O)C(OC(=O)C(=O)C(C)=O)CC2(C)C)=C(C)C1=O. The molecule has 58 heavy (non-hydrogen) atoms. The van der Waals surface area contributed by atoms with Crippen LogP contribution in [0.15, 0.2) is 130 Å². The highest BCUT2D eigenvalue weighted by Gasteiger charge is 2.42.